The van der Waals surface area contributed by atoms with E-state index in [0.717, 1.165) is 16.9 Å². The van der Waals surface area contributed by atoms with Gasteiger partial charge in [-0.3, -0.25) is 4.79 Å². The van der Waals surface area contributed by atoms with Crippen molar-refractivity contribution in [2.45, 2.75) is 45.8 Å². The Kier molecular flexibility index (Phi) is 6.78. The van der Waals surface area contributed by atoms with Gasteiger partial charge in [0.05, 0.1) is 0 Å². The Morgan fingerprint density at radius 3 is 2.64 bits per heavy atom. The van der Waals surface area contributed by atoms with Crippen LogP contribution in [0.4, 0.5) is 0 Å². The SMILES string of the molecule is CC(C)c1noc(CCC(=O)NCc2cccc(COc3ccccc3)c2)n1. The Bertz CT molecular complexity index is 891. The van der Waals surface area contributed by atoms with Crippen LogP contribution in [0.5, 0.6) is 5.75 Å². The summed E-state index contributed by atoms with van der Waals surface area (Å²) in [5.74, 6) is 2.17. The van der Waals surface area contributed by atoms with Gasteiger partial charge in [0.1, 0.15) is 12.4 Å². The summed E-state index contributed by atoms with van der Waals surface area (Å²) in [7, 11) is 0. The van der Waals surface area contributed by atoms with Crippen molar-refractivity contribution >= 4 is 5.91 Å². The number of carbonyl (C=O) groups excluding carboxylic acids is 1. The van der Waals surface area contributed by atoms with Crippen molar-refractivity contribution in [3.8, 4) is 5.75 Å². The molecule has 0 radical (unpaired) electrons. The Morgan fingerprint density at radius 1 is 1.11 bits per heavy atom. The van der Waals surface area contributed by atoms with Crippen LogP contribution in [-0.4, -0.2) is 16.0 Å². The average molecular weight is 379 g/mol. The Labute approximate surface area is 164 Å². The highest BCUT2D eigenvalue weighted by Gasteiger charge is 2.11. The molecule has 0 spiro atoms. The van der Waals surface area contributed by atoms with Gasteiger partial charge in [-0.05, 0) is 23.3 Å². The number of nitrogens with one attached hydrogen (secondary N) is 1. The molecule has 0 saturated carbocycles. The number of rotatable bonds is 9. The molecule has 0 fully saturated rings. The first-order valence-electron chi connectivity index (χ1n) is 9.45. The van der Waals surface area contributed by atoms with Crippen LogP contribution < -0.4 is 10.1 Å². The lowest BCUT2D eigenvalue weighted by Gasteiger charge is -2.09. The smallest absolute Gasteiger partial charge is 0.227 e. The molecule has 3 aromatic rings. The average Bonchev–Trinajstić information content (AvgIpc) is 3.20. The molecular weight excluding hydrogens is 354 g/mol. The third-order valence-electron chi connectivity index (χ3n) is 4.20. The van der Waals surface area contributed by atoms with Gasteiger partial charge in [0.2, 0.25) is 11.8 Å². The predicted octanol–water partition coefficient (Wildman–Crippen LogP) is 4.02. The molecule has 1 aromatic heterocycles. The van der Waals surface area contributed by atoms with Gasteiger partial charge < -0.3 is 14.6 Å². The molecule has 0 aliphatic carbocycles. The van der Waals surface area contributed by atoms with Crippen molar-refractivity contribution in [1.82, 2.24) is 15.5 Å². The number of hydrogen-bond donors (Lipinski definition) is 1. The number of carbonyl (C=O) groups is 1. The van der Waals surface area contributed by atoms with E-state index in [1.54, 1.807) is 0 Å². The standard InChI is InChI=1S/C22H25N3O3/c1-16(2)22-24-21(28-25-22)12-11-20(26)23-14-17-7-6-8-18(13-17)15-27-19-9-4-3-5-10-19/h3-10,13,16H,11-12,14-15H2,1-2H3,(H,23,26). The molecule has 0 atom stereocenters. The monoisotopic (exact) mass is 379 g/mol. The van der Waals surface area contributed by atoms with Crippen molar-refractivity contribution in [2.24, 2.45) is 0 Å². The number of amides is 1. The summed E-state index contributed by atoms with van der Waals surface area (Å²) in [5, 5.41) is 6.84. The van der Waals surface area contributed by atoms with Crippen LogP contribution in [0.15, 0.2) is 59.1 Å². The fourth-order valence-corrected chi connectivity index (χ4v) is 2.63. The first-order valence-corrected chi connectivity index (χ1v) is 9.45. The number of hydrogen-bond acceptors (Lipinski definition) is 5. The number of ether oxygens (including phenoxy) is 1. The van der Waals surface area contributed by atoms with Gasteiger partial charge in [0.15, 0.2) is 5.82 Å². The number of para-hydroxylation sites is 1. The molecule has 0 saturated heterocycles. The first-order chi connectivity index (χ1) is 13.6. The quantitative estimate of drug-likeness (QED) is 0.608. The summed E-state index contributed by atoms with van der Waals surface area (Å²) < 4.78 is 10.9. The van der Waals surface area contributed by atoms with Crippen LogP contribution in [0.2, 0.25) is 0 Å². The molecule has 6 heteroatoms. The zero-order valence-electron chi connectivity index (χ0n) is 16.2. The maximum absolute atomic E-state index is 12.1. The fourth-order valence-electron chi connectivity index (χ4n) is 2.63. The van der Waals surface area contributed by atoms with E-state index < -0.39 is 0 Å². The minimum atomic E-state index is -0.0461. The van der Waals surface area contributed by atoms with E-state index in [0.29, 0.717) is 37.7 Å². The highest BCUT2D eigenvalue weighted by molar-refractivity contribution is 5.76. The van der Waals surface area contributed by atoms with Gasteiger partial charge in [-0.15, -0.1) is 0 Å². The van der Waals surface area contributed by atoms with Crippen LogP contribution in [0.25, 0.3) is 0 Å². The summed E-state index contributed by atoms with van der Waals surface area (Å²) >= 11 is 0. The van der Waals surface area contributed by atoms with E-state index in [4.69, 9.17) is 9.26 Å². The first kappa shape index (κ1) is 19.6. The molecule has 0 aliphatic rings. The molecule has 0 bridgehead atoms. The van der Waals surface area contributed by atoms with Crippen LogP contribution >= 0.6 is 0 Å². The van der Waals surface area contributed by atoms with Crippen molar-refractivity contribution in [1.29, 1.82) is 0 Å². The van der Waals surface area contributed by atoms with Crippen LogP contribution in [0.3, 0.4) is 0 Å². The largest absolute Gasteiger partial charge is 0.489 e. The van der Waals surface area contributed by atoms with Crippen molar-refractivity contribution in [2.75, 3.05) is 0 Å². The molecule has 0 aliphatic heterocycles. The summed E-state index contributed by atoms with van der Waals surface area (Å²) in [6, 6.07) is 17.7. The third-order valence-corrected chi connectivity index (χ3v) is 4.20. The zero-order valence-corrected chi connectivity index (χ0v) is 16.2. The summed E-state index contributed by atoms with van der Waals surface area (Å²) in [4.78, 5) is 16.4. The molecule has 3 rings (SSSR count). The zero-order chi connectivity index (χ0) is 19.8. The van der Waals surface area contributed by atoms with Gasteiger partial charge in [0.25, 0.3) is 0 Å². The summed E-state index contributed by atoms with van der Waals surface area (Å²) in [5.41, 5.74) is 2.09. The topological polar surface area (TPSA) is 77.2 Å². The molecule has 1 N–H and O–H groups in total. The second-order valence-corrected chi connectivity index (χ2v) is 6.90. The Balaban J connectivity index is 1.44. The van der Waals surface area contributed by atoms with Crippen molar-refractivity contribution < 1.29 is 14.1 Å². The van der Waals surface area contributed by atoms with Crippen LogP contribution in [-0.2, 0) is 24.4 Å². The lowest BCUT2D eigenvalue weighted by atomic mass is 10.1. The van der Waals surface area contributed by atoms with Crippen molar-refractivity contribution in [3.05, 3.63) is 77.4 Å². The Morgan fingerprint density at radius 2 is 1.89 bits per heavy atom. The fraction of sp³-hybridized carbons (Fsp3) is 0.318. The second-order valence-electron chi connectivity index (χ2n) is 6.90. The summed E-state index contributed by atoms with van der Waals surface area (Å²) in [6.07, 6.45) is 0.757. The van der Waals surface area contributed by atoms with Gasteiger partial charge in [-0.25, -0.2) is 0 Å². The van der Waals surface area contributed by atoms with Gasteiger partial charge in [-0.2, -0.15) is 4.98 Å². The molecular formula is C22H25N3O3. The lowest BCUT2D eigenvalue weighted by Crippen LogP contribution is -2.23. The van der Waals surface area contributed by atoms with Crippen molar-refractivity contribution in [3.63, 3.8) is 0 Å². The predicted molar refractivity (Wildman–Crippen MR) is 106 cm³/mol. The molecule has 1 heterocycles. The van der Waals surface area contributed by atoms with E-state index >= 15 is 0 Å². The number of nitrogens with zero attached hydrogens (tertiary/aromatic N) is 2. The van der Waals surface area contributed by atoms with E-state index in [1.807, 2.05) is 68.4 Å². The maximum Gasteiger partial charge on any atom is 0.227 e. The molecule has 6 nitrogen and oxygen atoms in total. The maximum atomic E-state index is 12.1. The molecule has 28 heavy (non-hydrogen) atoms. The van der Waals surface area contributed by atoms with Crippen LogP contribution in [0, 0.1) is 0 Å². The normalized spacial score (nSPS) is 10.8. The molecule has 1 amide bonds. The second kappa shape index (κ2) is 9.69. The summed E-state index contributed by atoms with van der Waals surface area (Å²) in [6.45, 7) is 4.96. The van der Waals surface area contributed by atoms with Gasteiger partial charge in [-0.1, -0.05) is 61.5 Å². The number of benzene rings is 2. The number of aromatic nitrogens is 2. The van der Waals surface area contributed by atoms with Gasteiger partial charge in [0, 0.05) is 25.3 Å². The van der Waals surface area contributed by atoms with E-state index in [2.05, 4.69) is 15.5 Å². The van der Waals surface area contributed by atoms with E-state index in [1.165, 1.54) is 0 Å². The highest BCUT2D eigenvalue weighted by Crippen LogP contribution is 2.13. The minimum absolute atomic E-state index is 0.0461. The van der Waals surface area contributed by atoms with E-state index in [-0.39, 0.29) is 11.8 Å². The van der Waals surface area contributed by atoms with Gasteiger partial charge >= 0.3 is 0 Å². The molecule has 2 aromatic carbocycles. The van der Waals surface area contributed by atoms with Crippen LogP contribution in [0.1, 0.15) is 49.0 Å². The molecule has 0 unspecified atom stereocenters. The molecule has 146 valence electrons. The minimum Gasteiger partial charge on any atom is -0.489 e. The lowest BCUT2D eigenvalue weighted by molar-refractivity contribution is -0.121. The van der Waals surface area contributed by atoms with E-state index in [9.17, 15) is 4.79 Å². The Hall–Kier alpha value is -3.15. The third kappa shape index (κ3) is 5.94. The highest BCUT2D eigenvalue weighted by atomic mass is 16.5. The number of aryl methyl sites for hydroxylation is 1.